The van der Waals surface area contributed by atoms with Crippen molar-refractivity contribution in [1.29, 1.82) is 0 Å². The molecule has 0 aliphatic heterocycles. The zero-order chi connectivity index (χ0) is 32.6. The van der Waals surface area contributed by atoms with Crippen LogP contribution in [0.1, 0.15) is 108 Å². The molecule has 248 valence electrons. The molecule has 2 atom stereocenters. The summed E-state index contributed by atoms with van der Waals surface area (Å²) in [5.41, 5.74) is 0.456. The fourth-order valence-corrected chi connectivity index (χ4v) is 5.23. The Morgan fingerprint density at radius 3 is 1.71 bits per heavy atom. The van der Waals surface area contributed by atoms with E-state index in [0.29, 0.717) is 6.42 Å². The van der Waals surface area contributed by atoms with Gasteiger partial charge in [-0.3, -0.25) is 0 Å². The molecule has 0 spiro atoms. The van der Waals surface area contributed by atoms with Crippen LogP contribution in [0.15, 0.2) is 48.5 Å². The van der Waals surface area contributed by atoms with E-state index in [1.165, 1.54) is 56.0 Å². The Hall–Kier alpha value is -3.16. The van der Waals surface area contributed by atoms with Crippen LogP contribution in [0.5, 0.6) is 11.5 Å². The van der Waals surface area contributed by atoms with Crippen LogP contribution in [0.2, 0.25) is 0 Å². The van der Waals surface area contributed by atoms with Gasteiger partial charge in [-0.05, 0) is 54.7 Å². The number of unbranched alkanes of at least 4 members (excludes halogenated alkanes) is 10. The van der Waals surface area contributed by atoms with E-state index in [1.54, 1.807) is 6.07 Å². The maximum atomic E-state index is 15.0. The highest BCUT2D eigenvalue weighted by Gasteiger charge is 2.26. The van der Waals surface area contributed by atoms with Crippen LogP contribution in [0, 0.1) is 23.3 Å². The first-order valence-electron chi connectivity index (χ1n) is 16.4. The molecular formula is C37H46F6O2. The number of hydrogen-bond donors (Lipinski definition) is 0. The summed E-state index contributed by atoms with van der Waals surface area (Å²) in [6.45, 7) is 3.56. The summed E-state index contributed by atoms with van der Waals surface area (Å²) >= 11 is 0. The molecule has 0 amide bonds. The predicted molar refractivity (Wildman–Crippen MR) is 168 cm³/mol. The van der Waals surface area contributed by atoms with Gasteiger partial charge in [0.25, 0.3) is 0 Å². The quantitative estimate of drug-likeness (QED) is 0.0856. The molecule has 2 nitrogen and oxygen atoms in total. The molecule has 0 N–H and O–H groups in total. The minimum Gasteiger partial charge on any atom is -0.490 e. The summed E-state index contributed by atoms with van der Waals surface area (Å²) < 4.78 is 98.8. The van der Waals surface area contributed by atoms with Crippen LogP contribution in [0.3, 0.4) is 0 Å². The highest BCUT2D eigenvalue weighted by molar-refractivity contribution is 5.65. The molecule has 0 aromatic heterocycles. The molecule has 0 saturated heterocycles. The van der Waals surface area contributed by atoms with Gasteiger partial charge in [-0.2, -0.15) is 8.78 Å². The van der Waals surface area contributed by atoms with E-state index in [2.05, 4.69) is 13.8 Å². The fourth-order valence-electron chi connectivity index (χ4n) is 5.23. The third-order valence-corrected chi connectivity index (χ3v) is 7.94. The van der Waals surface area contributed by atoms with Crippen molar-refractivity contribution in [3.05, 3.63) is 82.9 Å². The minimum absolute atomic E-state index is 0.0272. The topological polar surface area (TPSA) is 18.5 Å². The van der Waals surface area contributed by atoms with Gasteiger partial charge >= 0.3 is 0 Å². The molecule has 3 rings (SSSR count). The van der Waals surface area contributed by atoms with Crippen LogP contribution in [0.25, 0.3) is 11.1 Å². The number of benzene rings is 3. The molecule has 8 heteroatoms. The molecule has 0 aliphatic rings. The summed E-state index contributed by atoms with van der Waals surface area (Å²) in [5.74, 6) is -5.02. The largest absolute Gasteiger partial charge is 0.490 e. The Labute approximate surface area is 264 Å². The van der Waals surface area contributed by atoms with Crippen LogP contribution in [-0.4, -0.2) is 19.4 Å². The van der Waals surface area contributed by atoms with E-state index in [4.69, 9.17) is 9.47 Å². The number of rotatable bonds is 21. The van der Waals surface area contributed by atoms with Gasteiger partial charge in [0.05, 0.1) is 6.61 Å². The Kier molecular flexibility index (Phi) is 15.6. The highest BCUT2D eigenvalue weighted by Crippen LogP contribution is 2.33. The lowest BCUT2D eigenvalue weighted by molar-refractivity contribution is 0.106. The standard InChI is InChI=1S/C37H46F6O2/c1-3-5-7-9-10-11-13-15-26-16-18-28(30(38)23-26)29-19-17-27(24-31(29)39)35(41)32(40)25-45-34-21-20-33(36(42)37(34)43)44-22-14-12-8-6-4-2/h16-21,23-24,32,35H,3-15,22,25H2,1-2H3. The second-order valence-electron chi connectivity index (χ2n) is 11.6. The molecule has 3 aromatic rings. The van der Waals surface area contributed by atoms with E-state index in [9.17, 15) is 26.3 Å². The van der Waals surface area contributed by atoms with Gasteiger partial charge in [0.15, 0.2) is 23.8 Å². The van der Waals surface area contributed by atoms with Gasteiger partial charge in [0, 0.05) is 11.1 Å². The second-order valence-corrected chi connectivity index (χ2v) is 11.6. The van der Waals surface area contributed by atoms with E-state index < -0.39 is 48.0 Å². The summed E-state index contributed by atoms with van der Waals surface area (Å²) in [7, 11) is 0. The van der Waals surface area contributed by atoms with Crippen LogP contribution >= 0.6 is 0 Å². The first-order chi connectivity index (χ1) is 21.8. The molecule has 0 fully saturated rings. The van der Waals surface area contributed by atoms with Gasteiger partial charge in [-0.25, -0.2) is 17.6 Å². The summed E-state index contributed by atoms with van der Waals surface area (Å²) in [6.07, 6.45) is 8.98. The monoisotopic (exact) mass is 636 g/mol. The van der Waals surface area contributed by atoms with Crippen molar-refractivity contribution in [1.82, 2.24) is 0 Å². The summed E-state index contributed by atoms with van der Waals surface area (Å²) in [6, 6.07) is 10.1. The van der Waals surface area contributed by atoms with Crippen molar-refractivity contribution < 1.29 is 35.8 Å². The maximum Gasteiger partial charge on any atom is 0.204 e. The molecule has 0 radical (unpaired) electrons. The Morgan fingerprint density at radius 2 is 1.11 bits per heavy atom. The lowest BCUT2D eigenvalue weighted by atomic mass is 9.97. The van der Waals surface area contributed by atoms with Crippen molar-refractivity contribution >= 4 is 0 Å². The van der Waals surface area contributed by atoms with E-state index >= 15 is 0 Å². The van der Waals surface area contributed by atoms with Crippen LogP contribution in [-0.2, 0) is 6.42 Å². The van der Waals surface area contributed by atoms with Crippen molar-refractivity contribution in [2.75, 3.05) is 13.2 Å². The minimum atomic E-state index is -2.31. The number of aryl methyl sites for hydroxylation is 1. The molecule has 0 heterocycles. The fraction of sp³-hybridized carbons (Fsp3) is 0.514. The third-order valence-electron chi connectivity index (χ3n) is 7.94. The Bertz CT molecular complexity index is 1310. The molecule has 3 aromatic carbocycles. The van der Waals surface area contributed by atoms with Gasteiger partial charge in [0.1, 0.15) is 18.2 Å². The first kappa shape index (κ1) is 36.3. The molecule has 45 heavy (non-hydrogen) atoms. The molecule has 2 unspecified atom stereocenters. The summed E-state index contributed by atoms with van der Waals surface area (Å²) in [5, 5.41) is 0. The van der Waals surface area contributed by atoms with Crippen molar-refractivity contribution in [2.24, 2.45) is 0 Å². The SMILES string of the molecule is CCCCCCCCCc1ccc(-c2ccc(C(F)C(F)COc3ccc(OCCCCCCC)c(F)c3F)cc2F)c(F)c1. The van der Waals surface area contributed by atoms with E-state index in [1.807, 2.05) is 0 Å². The number of halogens is 6. The average molecular weight is 637 g/mol. The zero-order valence-electron chi connectivity index (χ0n) is 26.5. The lowest BCUT2D eigenvalue weighted by Gasteiger charge is -2.17. The Morgan fingerprint density at radius 1 is 0.578 bits per heavy atom. The smallest absolute Gasteiger partial charge is 0.204 e. The van der Waals surface area contributed by atoms with Crippen molar-refractivity contribution in [3.8, 4) is 22.6 Å². The maximum absolute atomic E-state index is 15.0. The van der Waals surface area contributed by atoms with Gasteiger partial charge in [-0.1, -0.05) is 102 Å². The second kappa shape index (κ2) is 19.4. The highest BCUT2D eigenvalue weighted by atomic mass is 19.2. The van der Waals surface area contributed by atoms with Gasteiger partial charge in [0.2, 0.25) is 11.6 Å². The summed E-state index contributed by atoms with van der Waals surface area (Å²) in [4.78, 5) is 0. The third kappa shape index (κ3) is 11.3. The number of hydrogen-bond acceptors (Lipinski definition) is 2. The predicted octanol–water partition coefficient (Wildman–Crippen LogP) is 12.0. The molecule has 0 bridgehead atoms. The first-order valence-corrected chi connectivity index (χ1v) is 16.4. The van der Waals surface area contributed by atoms with Crippen LogP contribution in [0.4, 0.5) is 26.3 Å². The van der Waals surface area contributed by atoms with Gasteiger partial charge < -0.3 is 9.47 Å². The van der Waals surface area contributed by atoms with Crippen LogP contribution < -0.4 is 9.47 Å². The molecule has 0 aliphatic carbocycles. The zero-order valence-corrected chi connectivity index (χ0v) is 26.5. The van der Waals surface area contributed by atoms with Crippen molar-refractivity contribution in [3.63, 3.8) is 0 Å². The number of ether oxygens (including phenoxy) is 2. The average Bonchev–Trinajstić information content (AvgIpc) is 3.03. The number of alkyl halides is 2. The van der Waals surface area contributed by atoms with E-state index in [-0.39, 0.29) is 29.0 Å². The van der Waals surface area contributed by atoms with Crippen molar-refractivity contribution in [2.45, 2.75) is 110 Å². The normalized spacial score (nSPS) is 12.7. The van der Waals surface area contributed by atoms with E-state index in [0.717, 1.165) is 69.1 Å². The molecule has 0 saturated carbocycles. The molecular weight excluding hydrogens is 590 g/mol. The van der Waals surface area contributed by atoms with Gasteiger partial charge in [-0.15, -0.1) is 0 Å². The lowest BCUT2D eigenvalue weighted by Crippen LogP contribution is -2.19. The Balaban J connectivity index is 1.53.